The zero-order valence-corrected chi connectivity index (χ0v) is 12.6. The van der Waals surface area contributed by atoms with Gasteiger partial charge in [0.05, 0.1) is 0 Å². The van der Waals surface area contributed by atoms with Crippen molar-refractivity contribution in [3.05, 3.63) is 35.7 Å². The number of hydrogen-bond acceptors (Lipinski definition) is 4. The molecule has 1 heterocycles. The van der Waals surface area contributed by atoms with Crippen LogP contribution in [0.1, 0.15) is 24.8 Å². The normalized spacial score (nSPS) is 10.4. The molecule has 112 valence electrons. The molecule has 1 N–H and O–H groups in total. The molecule has 2 rings (SSSR count). The number of rotatable bonds is 5. The second kappa shape index (κ2) is 6.88. The number of carbonyl (C=O) groups is 1. The molecule has 0 aliphatic carbocycles. The molecule has 0 radical (unpaired) electrons. The van der Waals surface area contributed by atoms with E-state index in [1.807, 2.05) is 38.1 Å². The number of aromatic nitrogens is 2. The number of hydrogen-bond donors (Lipinski definition) is 1. The smallest absolute Gasteiger partial charge is 0.317 e. The van der Waals surface area contributed by atoms with Gasteiger partial charge in [-0.25, -0.2) is 4.79 Å². The predicted octanol–water partition coefficient (Wildman–Crippen LogP) is 2.60. The lowest BCUT2D eigenvalue weighted by atomic mass is 10.1. The van der Waals surface area contributed by atoms with Gasteiger partial charge in [-0.1, -0.05) is 36.3 Å². The van der Waals surface area contributed by atoms with Gasteiger partial charge in [0, 0.05) is 19.2 Å². The van der Waals surface area contributed by atoms with Crippen LogP contribution in [0, 0.1) is 6.92 Å². The topological polar surface area (TPSA) is 71.3 Å². The summed E-state index contributed by atoms with van der Waals surface area (Å²) < 4.78 is 5.22. The maximum Gasteiger partial charge on any atom is 0.317 e. The Morgan fingerprint density at radius 1 is 1.38 bits per heavy atom. The molecule has 0 saturated carbocycles. The van der Waals surface area contributed by atoms with Gasteiger partial charge in [0.25, 0.3) is 0 Å². The Morgan fingerprint density at radius 2 is 2.14 bits per heavy atom. The molecule has 6 nitrogen and oxygen atoms in total. The van der Waals surface area contributed by atoms with E-state index in [1.165, 1.54) is 4.90 Å². The van der Waals surface area contributed by atoms with Gasteiger partial charge in [0.2, 0.25) is 11.7 Å². The number of benzene rings is 1. The first-order valence-corrected chi connectivity index (χ1v) is 6.99. The highest BCUT2D eigenvalue weighted by Gasteiger charge is 2.14. The summed E-state index contributed by atoms with van der Waals surface area (Å²) in [5, 5.41) is 6.77. The minimum Gasteiger partial charge on any atom is -0.338 e. The Morgan fingerprint density at radius 3 is 2.86 bits per heavy atom. The Bertz CT molecular complexity index is 609. The van der Waals surface area contributed by atoms with E-state index in [9.17, 15) is 4.79 Å². The average Bonchev–Trinajstić information content (AvgIpc) is 2.93. The first-order chi connectivity index (χ1) is 10.1. The molecule has 0 fully saturated rings. The molecule has 0 aliphatic heterocycles. The van der Waals surface area contributed by atoms with E-state index in [2.05, 4.69) is 15.5 Å². The first-order valence-electron chi connectivity index (χ1n) is 6.99. The highest BCUT2D eigenvalue weighted by atomic mass is 16.5. The van der Waals surface area contributed by atoms with Crippen molar-refractivity contribution in [1.29, 1.82) is 0 Å². The summed E-state index contributed by atoms with van der Waals surface area (Å²) >= 11 is 0. The second-order valence-electron chi connectivity index (χ2n) is 4.91. The van der Waals surface area contributed by atoms with Gasteiger partial charge in [-0.3, -0.25) is 0 Å². The monoisotopic (exact) mass is 288 g/mol. The van der Waals surface area contributed by atoms with Crippen LogP contribution in [0.25, 0.3) is 11.4 Å². The number of nitrogens with one attached hydrogen (secondary N) is 1. The summed E-state index contributed by atoms with van der Waals surface area (Å²) in [6.07, 6.45) is 0.900. The van der Waals surface area contributed by atoms with Crippen molar-refractivity contribution in [2.75, 3.05) is 13.6 Å². The quantitative estimate of drug-likeness (QED) is 0.918. The van der Waals surface area contributed by atoms with Crippen LogP contribution in [-0.4, -0.2) is 34.7 Å². The van der Waals surface area contributed by atoms with Crippen LogP contribution in [-0.2, 0) is 6.54 Å². The van der Waals surface area contributed by atoms with Crippen molar-refractivity contribution in [1.82, 2.24) is 20.4 Å². The standard InChI is InChI=1S/C15H20N4O2/c1-4-9-16-15(20)19(3)10-13-17-14(18-21-13)12-8-6-5-7-11(12)2/h5-8H,4,9-10H2,1-3H3,(H,16,20). The lowest BCUT2D eigenvalue weighted by Gasteiger charge is -2.15. The van der Waals surface area contributed by atoms with Gasteiger partial charge < -0.3 is 14.7 Å². The van der Waals surface area contributed by atoms with Gasteiger partial charge in [0.1, 0.15) is 6.54 Å². The SMILES string of the molecule is CCCNC(=O)N(C)Cc1nc(-c2ccccc2C)no1. The Balaban J connectivity index is 2.04. The fourth-order valence-electron chi connectivity index (χ4n) is 1.89. The minimum atomic E-state index is -0.146. The van der Waals surface area contributed by atoms with Crippen molar-refractivity contribution in [2.24, 2.45) is 0 Å². The van der Waals surface area contributed by atoms with Gasteiger partial charge >= 0.3 is 6.03 Å². The zero-order valence-electron chi connectivity index (χ0n) is 12.6. The van der Waals surface area contributed by atoms with Crippen LogP contribution in [0.4, 0.5) is 4.79 Å². The largest absolute Gasteiger partial charge is 0.338 e. The molecule has 6 heteroatoms. The Kier molecular flexibility index (Phi) is 4.92. The van der Waals surface area contributed by atoms with E-state index in [1.54, 1.807) is 7.05 Å². The van der Waals surface area contributed by atoms with Crippen molar-refractivity contribution < 1.29 is 9.32 Å². The van der Waals surface area contributed by atoms with E-state index in [0.29, 0.717) is 18.3 Å². The molecular weight excluding hydrogens is 268 g/mol. The van der Waals surface area contributed by atoms with E-state index >= 15 is 0 Å². The average molecular weight is 288 g/mol. The zero-order chi connectivity index (χ0) is 15.2. The lowest BCUT2D eigenvalue weighted by molar-refractivity contribution is 0.199. The summed E-state index contributed by atoms with van der Waals surface area (Å²) in [4.78, 5) is 17.6. The summed E-state index contributed by atoms with van der Waals surface area (Å²) in [5.74, 6) is 0.966. The fraction of sp³-hybridized carbons (Fsp3) is 0.400. The maximum atomic E-state index is 11.8. The first kappa shape index (κ1) is 15.0. The third-order valence-corrected chi connectivity index (χ3v) is 3.10. The molecule has 0 aliphatic rings. The molecule has 21 heavy (non-hydrogen) atoms. The van der Waals surface area contributed by atoms with E-state index in [0.717, 1.165) is 17.5 Å². The molecule has 0 saturated heterocycles. The molecule has 2 amide bonds. The van der Waals surface area contributed by atoms with Gasteiger partial charge in [-0.15, -0.1) is 0 Å². The molecule has 0 bridgehead atoms. The molecule has 2 aromatic rings. The van der Waals surface area contributed by atoms with Crippen molar-refractivity contribution in [3.8, 4) is 11.4 Å². The molecule has 1 aromatic heterocycles. The Labute approximate surface area is 124 Å². The van der Waals surface area contributed by atoms with Crippen LogP contribution in [0.15, 0.2) is 28.8 Å². The third-order valence-electron chi connectivity index (χ3n) is 3.10. The molecule has 0 spiro atoms. The highest BCUT2D eigenvalue weighted by Crippen LogP contribution is 2.19. The maximum absolute atomic E-state index is 11.8. The van der Waals surface area contributed by atoms with E-state index in [4.69, 9.17) is 4.52 Å². The molecule has 0 unspecified atom stereocenters. The lowest BCUT2D eigenvalue weighted by Crippen LogP contribution is -2.37. The van der Waals surface area contributed by atoms with Gasteiger partial charge in [-0.2, -0.15) is 4.98 Å². The number of aryl methyl sites for hydroxylation is 1. The van der Waals surface area contributed by atoms with Crippen LogP contribution < -0.4 is 5.32 Å². The van der Waals surface area contributed by atoms with Crippen LogP contribution in [0.3, 0.4) is 0 Å². The number of urea groups is 1. The van der Waals surface area contributed by atoms with Crippen LogP contribution in [0.5, 0.6) is 0 Å². The fourth-order valence-corrected chi connectivity index (χ4v) is 1.89. The second-order valence-corrected chi connectivity index (χ2v) is 4.91. The number of carbonyl (C=O) groups excluding carboxylic acids is 1. The third kappa shape index (κ3) is 3.81. The van der Waals surface area contributed by atoms with Crippen molar-refractivity contribution in [3.63, 3.8) is 0 Å². The van der Waals surface area contributed by atoms with Crippen LogP contribution >= 0.6 is 0 Å². The number of amides is 2. The molecular formula is C15H20N4O2. The highest BCUT2D eigenvalue weighted by molar-refractivity contribution is 5.73. The summed E-state index contributed by atoms with van der Waals surface area (Å²) in [6, 6.07) is 7.69. The van der Waals surface area contributed by atoms with Crippen molar-refractivity contribution in [2.45, 2.75) is 26.8 Å². The molecule has 0 atom stereocenters. The van der Waals surface area contributed by atoms with Crippen molar-refractivity contribution >= 4 is 6.03 Å². The van der Waals surface area contributed by atoms with Crippen LogP contribution in [0.2, 0.25) is 0 Å². The van der Waals surface area contributed by atoms with Gasteiger partial charge in [0.15, 0.2) is 0 Å². The van der Waals surface area contributed by atoms with E-state index < -0.39 is 0 Å². The Hall–Kier alpha value is -2.37. The number of nitrogens with zero attached hydrogens (tertiary/aromatic N) is 3. The summed E-state index contributed by atoms with van der Waals surface area (Å²) in [7, 11) is 1.70. The molecule has 1 aromatic carbocycles. The van der Waals surface area contributed by atoms with E-state index in [-0.39, 0.29) is 12.6 Å². The predicted molar refractivity (Wildman–Crippen MR) is 79.6 cm³/mol. The summed E-state index contributed by atoms with van der Waals surface area (Å²) in [5.41, 5.74) is 2.02. The summed E-state index contributed by atoms with van der Waals surface area (Å²) in [6.45, 7) is 4.94. The minimum absolute atomic E-state index is 0.146. The van der Waals surface area contributed by atoms with Gasteiger partial charge in [-0.05, 0) is 18.9 Å².